The first-order chi connectivity index (χ1) is 10.6. The van der Waals surface area contributed by atoms with E-state index in [2.05, 4.69) is 10.6 Å². The van der Waals surface area contributed by atoms with E-state index in [1.54, 1.807) is 6.08 Å². The topological polar surface area (TPSA) is 41.1 Å². The van der Waals surface area contributed by atoms with Gasteiger partial charge >= 0.3 is 0 Å². The van der Waals surface area contributed by atoms with Gasteiger partial charge in [0, 0.05) is 12.6 Å². The maximum atomic E-state index is 11.8. The van der Waals surface area contributed by atoms with Gasteiger partial charge in [-0.15, -0.1) is 0 Å². The van der Waals surface area contributed by atoms with E-state index in [9.17, 15) is 4.79 Å². The van der Waals surface area contributed by atoms with Gasteiger partial charge in [0.25, 0.3) is 0 Å². The first kappa shape index (κ1) is 15.9. The van der Waals surface area contributed by atoms with E-state index < -0.39 is 0 Å². The second-order valence-electron chi connectivity index (χ2n) is 4.90. The Bertz CT molecular complexity index is 663. The molecule has 0 fully saturated rings. The lowest BCUT2D eigenvalue weighted by molar-refractivity contribution is -0.115. The number of nitrogens with one attached hydrogen (secondary N) is 2. The summed E-state index contributed by atoms with van der Waals surface area (Å²) in [6, 6.07) is 17.8. The first-order valence-corrected chi connectivity index (χ1v) is 7.42. The highest BCUT2D eigenvalue weighted by Gasteiger charge is 2.00. The summed E-state index contributed by atoms with van der Waals surface area (Å²) in [4.78, 5) is 11.8. The Labute approximate surface area is 136 Å². The zero-order valence-electron chi connectivity index (χ0n) is 12.4. The van der Waals surface area contributed by atoms with Crippen molar-refractivity contribution in [1.29, 1.82) is 0 Å². The molecular formula is C18H18N2OS. The number of amides is 1. The second-order valence-corrected chi connectivity index (χ2v) is 5.31. The van der Waals surface area contributed by atoms with Crippen LogP contribution in [-0.4, -0.2) is 11.0 Å². The van der Waals surface area contributed by atoms with E-state index in [1.807, 2.05) is 61.5 Å². The predicted octanol–water partition coefficient (Wildman–Crippen LogP) is 3.20. The van der Waals surface area contributed by atoms with Crippen LogP contribution in [0, 0.1) is 6.92 Å². The van der Waals surface area contributed by atoms with Crippen LogP contribution < -0.4 is 10.6 Å². The molecule has 0 aliphatic rings. The fourth-order valence-electron chi connectivity index (χ4n) is 1.82. The van der Waals surface area contributed by atoms with Crippen molar-refractivity contribution in [3.8, 4) is 0 Å². The molecule has 0 saturated carbocycles. The molecule has 112 valence electrons. The molecule has 0 spiro atoms. The third-order valence-electron chi connectivity index (χ3n) is 3.04. The molecule has 1 amide bonds. The molecule has 2 rings (SSSR count). The number of hydrogen-bond donors (Lipinski definition) is 2. The van der Waals surface area contributed by atoms with Gasteiger partial charge in [-0.1, -0.05) is 60.2 Å². The van der Waals surface area contributed by atoms with Gasteiger partial charge in [-0.3, -0.25) is 10.1 Å². The lowest BCUT2D eigenvalue weighted by Crippen LogP contribution is -2.37. The monoisotopic (exact) mass is 310 g/mol. The van der Waals surface area contributed by atoms with Crippen molar-refractivity contribution < 1.29 is 4.79 Å². The summed E-state index contributed by atoms with van der Waals surface area (Å²) in [6.07, 6.45) is 3.22. The SMILES string of the molecule is Cc1ccc(CNC(=S)NC(=O)/C=C/c2ccccc2)cc1. The Hall–Kier alpha value is -2.46. The molecule has 0 radical (unpaired) electrons. The van der Waals surface area contributed by atoms with Crippen LogP contribution in [0.3, 0.4) is 0 Å². The van der Waals surface area contributed by atoms with Crippen molar-refractivity contribution >= 4 is 29.3 Å². The number of hydrogen-bond acceptors (Lipinski definition) is 2. The average Bonchev–Trinajstić information content (AvgIpc) is 2.53. The van der Waals surface area contributed by atoms with E-state index in [1.165, 1.54) is 11.6 Å². The second kappa shape index (κ2) is 8.10. The normalized spacial score (nSPS) is 10.4. The van der Waals surface area contributed by atoms with Gasteiger partial charge in [-0.2, -0.15) is 0 Å². The van der Waals surface area contributed by atoms with Gasteiger partial charge < -0.3 is 5.32 Å². The zero-order valence-corrected chi connectivity index (χ0v) is 13.2. The van der Waals surface area contributed by atoms with Gasteiger partial charge in [0.15, 0.2) is 5.11 Å². The molecule has 3 nitrogen and oxygen atoms in total. The molecule has 0 aliphatic carbocycles. The predicted molar refractivity (Wildman–Crippen MR) is 94.2 cm³/mol. The van der Waals surface area contributed by atoms with Crippen LogP contribution >= 0.6 is 12.2 Å². The van der Waals surface area contributed by atoms with Crippen molar-refractivity contribution in [2.75, 3.05) is 0 Å². The van der Waals surface area contributed by atoms with Gasteiger partial charge in [-0.25, -0.2) is 0 Å². The summed E-state index contributed by atoms with van der Waals surface area (Å²) >= 11 is 5.11. The van der Waals surface area contributed by atoms with Crippen molar-refractivity contribution in [3.05, 3.63) is 77.4 Å². The van der Waals surface area contributed by atoms with E-state index in [-0.39, 0.29) is 5.91 Å². The minimum absolute atomic E-state index is 0.245. The number of benzene rings is 2. The molecule has 2 N–H and O–H groups in total. The molecule has 2 aromatic rings. The molecule has 2 aromatic carbocycles. The largest absolute Gasteiger partial charge is 0.358 e. The number of carbonyl (C=O) groups excluding carboxylic acids is 1. The van der Waals surface area contributed by atoms with Gasteiger partial charge in [-0.05, 0) is 36.3 Å². The minimum Gasteiger partial charge on any atom is -0.358 e. The summed E-state index contributed by atoms with van der Waals surface area (Å²) in [5.41, 5.74) is 3.30. The Balaban J connectivity index is 1.78. The molecule has 0 bridgehead atoms. The average molecular weight is 310 g/mol. The highest BCUT2D eigenvalue weighted by molar-refractivity contribution is 7.80. The molecule has 0 unspecified atom stereocenters. The van der Waals surface area contributed by atoms with Crippen LogP contribution in [0.25, 0.3) is 6.08 Å². The maximum Gasteiger partial charge on any atom is 0.250 e. The summed E-state index contributed by atoms with van der Waals surface area (Å²) < 4.78 is 0. The standard InChI is InChI=1S/C18H18N2OS/c1-14-7-9-16(10-8-14)13-19-18(22)20-17(21)12-11-15-5-3-2-4-6-15/h2-12H,13H2,1H3,(H2,19,20,21,22)/b12-11+. The van der Waals surface area contributed by atoms with Gasteiger partial charge in [0.1, 0.15) is 0 Å². The molecule has 0 atom stereocenters. The van der Waals surface area contributed by atoms with E-state index in [0.29, 0.717) is 11.7 Å². The highest BCUT2D eigenvalue weighted by Crippen LogP contribution is 2.02. The molecule has 0 saturated heterocycles. The number of rotatable bonds is 4. The Kier molecular flexibility index (Phi) is 5.86. The zero-order chi connectivity index (χ0) is 15.8. The highest BCUT2D eigenvalue weighted by atomic mass is 32.1. The summed E-state index contributed by atoms with van der Waals surface area (Å²) in [6.45, 7) is 2.63. The number of aryl methyl sites for hydroxylation is 1. The van der Waals surface area contributed by atoms with Crippen molar-refractivity contribution in [3.63, 3.8) is 0 Å². The fourth-order valence-corrected chi connectivity index (χ4v) is 1.99. The van der Waals surface area contributed by atoms with Crippen LogP contribution in [-0.2, 0) is 11.3 Å². The molecule has 0 aromatic heterocycles. The summed E-state index contributed by atoms with van der Waals surface area (Å²) in [7, 11) is 0. The molecule has 0 heterocycles. The minimum atomic E-state index is -0.245. The fraction of sp³-hybridized carbons (Fsp3) is 0.111. The molecular weight excluding hydrogens is 292 g/mol. The first-order valence-electron chi connectivity index (χ1n) is 7.01. The third-order valence-corrected chi connectivity index (χ3v) is 3.28. The van der Waals surface area contributed by atoms with Crippen LogP contribution in [0.1, 0.15) is 16.7 Å². The quantitative estimate of drug-likeness (QED) is 0.673. The lowest BCUT2D eigenvalue weighted by atomic mass is 10.1. The molecule has 22 heavy (non-hydrogen) atoms. The third kappa shape index (κ3) is 5.50. The smallest absolute Gasteiger partial charge is 0.250 e. The summed E-state index contributed by atoms with van der Waals surface area (Å²) in [5, 5.41) is 5.96. The number of thiocarbonyl (C=S) groups is 1. The van der Waals surface area contributed by atoms with Crippen LogP contribution in [0.5, 0.6) is 0 Å². The number of carbonyl (C=O) groups is 1. The van der Waals surface area contributed by atoms with Crippen LogP contribution in [0.15, 0.2) is 60.7 Å². The summed E-state index contributed by atoms with van der Waals surface area (Å²) in [5.74, 6) is -0.245. The van der Waals surface area contributed by atoms with Crippen molar-refractivity contribution in [2.24, 2.45) is 0 Å². The maximum absolute atomic E-state index is 11.8. The molecule has 4 heteroatoms. The Morgan fingerprint density at radius 1 is 1.09 bits per heavy atom. The van der Waals surface area contributed by atoms with Crippen LogP contribution in [0.4, 0.5) is 0 Å². The van der Waals surface area contributed by atoms with Crippen LogP contribution in [0.2, 0.25) is 0 Å². The van der Waals surface area contributed by atoms with E-state index in [4.69, 9.17) is 12.2 Å². The van der Waals surface area contributed by atoms with Crippen molar-refractivity contribution in [2.45, 2.75) is 13.5 Å². The molecule has 0 aliphatic heterocycles. The van der Waals surface area contributed by atoms with Crippen molar-refractivity contribution in [1.82, 2.24) is 10.6 Å². The Morgan fingerprint density at radius 3 is 2.45 bits per heavy atom. The van der Waals surface area contributed by atoms with E-state index in [0.717, 1.165) is 11.1 Å². The van der Waals surface area contributed by atoms with E-state index >= 15 is 0 Å². The Morgan fingerprint density at radius 2 is 1.77 bits per heavy atom. The lowest BCUT2D eigenvalue weighted by Gasteiger charge is -2.08. The van der Waals surface area contributed by atoms with Gasteiger partial charge in [0.05, 0.1) is 0 Å². The van der Waals surface area contributed by atoms with Gasteiger partial charge in [0.2, 0.25) is 5.91 Å².